The van der Waals surface area contributed by atoms with Crippen LogP contribution in [0.25, 0.3) is 0 Å². The zero-order valence-corrected chi connectivity index (χ0v) is 11.0. The van der Waals surface area contributed by atoms with Crippen LogP contribution in [0.1, 0.15) is 19.5 Å². The second kappa shape index (κ2) is 5.93. The number of thiocarbonyl (C=S) groups is 1. The Labute approximate surface area is 99.6 Å². The summed E-state index contributed by atoms with van der Waals surface area (Å²) in [7, 11) is 0. The zero-order chi connectivity index (χ0) is 11.3. The van der Waals surface area contributed by atoms with Crippen molar-refractivity contribution in [1.29, 1.82) is 0 Å². The number of carbonyl (C=O) groups is 1. The van der Waals surface area contributed by atoms with E-state index >= 15 is 0 Å². The summed E-state index contributed by atoms with van der Waals surface area (Å²) in [4.78, 5) is 21.4. The van der Waals surface area contributed by atoms with E-state index in [0.29, 0.717) is 6.54 Å². The van der Waals surface area contributed by atoms with Gasteiger partial charge in [-0.25, -0.2) is 0 Å². The predicted octanol–water partition coefficient (Wildman–Crippen LogP) is 1.34. The zero-order valence-electron chi connectivity index (χ0n) is 8.48. The van der Waals surface area contributed by atoms with Crippen molar-refractivity contribution in [2.75, 3.05) is 5.32 Å². The van der Waals surface area contributed by atoms with Crippen LogP contribution in [-0.2, 0) is 11.3 Å². The van der Waals surface area contributed by atoms with Crippen LogP contribution in [0.3, 0.4) is 0 Å². The minimum atomic E-state index is -0.0217. The first-order chi connectivity index (χ1) is 7.13. The van der Waals surface area contributed by atoms with Gasteiger partial charge in [0.2, 0.25) is 0 Å². The second-order valence-corrected chi connectivity index (χ2v) is 5.18. The minimum absolute atomic E-state index is 0.00334. The molecule has 1 amide bonds. The number of anilines is 1. The van der Waals surface area contributed by atoms with Crippen molar-refractivity contribution in [2.45, 2.75) is 20.4 Å². The van der Waals surface area contributed by atoms with Crippen molar-refractivity contribution in [3.05, 3.63) is 10.6 Å². The monoisotopic (exact) mass is 289 g/mol. The molecule has 1 rings (SSSR count). The summed E-state index contributed by atoms with van der Waals surface area (Å²) >= 11 is 4.57. The Balaban J connectivity index is 2.60. The van der Waals surface area contributed by atoms with Crippen LogP contribution in [0.5, 0.6) is 0 Å². The Hall–Kier alpha value is -0.801. The Bertz CT molecular complexity index is 396. The first kappa shape index (κ1) is 12.3. The summed E-state index contributed by atoms with van der Waals surface area (Å²) in [6, 6.07) is 0. The fraction of sp³-hybridized carbons (Fsp3) is 0.444. The molecule has 0 fully saturated rings. The van der Waals surface area contributed by atoms with Crippen molar-refractivity contribution in [1.82, 2.24) is 4.98 Å². The number of aliphatic imine (C=N–C) groups is 1. The van der Waals surface area contributed by atoms with Crippen molar-refractivity contribution in [2.24, 2.45) is 10.9 Å². The molecule has 1 aromatic rings. The number of nitrogens with zero attached hydrogens (tertiary/aromatic N) is 2. The molecule has 0 radical (unpaired) electrons. The van der Waals surface area contributed by atoms with Crippen LogP contribution in [0, 0.1) is 5.92 Å². The van der Waals surface area contributed by atoms with Crippen LogP contribution in [0.2, 0.25) is 0 Å². The van der Waals surface area contributed by atoms with Gasteiger partial charge < -0.3 is 0 Å². The Kier molecular flexibility index (Phi) is 4.85. The molecule has 4 nitrogen and oxygen atoms in total. The van der Waals surface area contributed by atoms with Gasteiger partial charge in [0.25, 0.3) is 0 Å². The molecule has 0 spiro atoms. The summed E-state index contributed by atoms with van der Waals surface area (Å²) in [5.74, 6) is -0.0184. The first-order valence-electron chi connectivity index (χ1n) is 4.42. The van der Waals surface area contributed by atoms with Crippen molar-refractivity contribution in [3.8, 4) is 0 Å². The summed E-state index contributed by atoms with van der Waals surface area (Å²) < 4.78 is 0.746. The van der Waals surface area contributed by atoms with E-state index in [9.17, 15) is 4.79 Å². The van der Waals surface area contributed by atoms with Gasteiger partial charge in [0.15, 0.2) is 0 Å². The fourth-order valence-corrected chi connectivity index (χ4v) is 2.34. The molecule has 0 saturated heterocycles. The summed E-state index contributed by atoms with van der Waals surface area (Å²) in [6.07, 6.45) is 0. The van der Waals surface area contributed by atoms with E-state index in [2.05, 4.69) is 32.7 Å². The quantitative estimate of drug-likeness (QED) is 0.517. The van der Waals surface area contributed by atoms with Gasteiger partial charge in [-0.2, -0.15) is 0 Å². The molecule has 6 heteroatoms. The molecule has 0 aromatic carbocycles. The summed E-state index contributed by atoms with van der Waals surface area (Å²) in [5, 5.41) is 5.07. The van der Waals surface area contributed by atoms with Gasteiger partial charge >= 0.3 is 99.5 Å². The maximum atomic E-state index is 11.4. The van der Waals surface area contributed by atoms with E-state index in [1.54, 1.807) is 0 Å². The van der Waals surface area contributed by atoms with Crippen LogP contribution in [0.15, 0.2) is 9.93 Å². The van der Waals surface area contributed by atoms with E-state index < -0.39 is 0 Å². The molecule has 0 bridgehead atoms. The number of carbonyl (C=O) groups excluding carboxylic acids is 1. The molecule has 0 aliphatic rings. The predicted molar refractivity (Wildman–Crippen MR) is 63.4 cm³/mol. The van der Waals surface area contributed by atoms with Gasteiger partial charge in [-0.1, -0.05) is 0 Å². The van der Waals surface area contributed by atoms with Gasteiger partial charge in [0, 0.05) is 0 Å². The standard InChI is InChI=1S/C9H11N3OSSe/c1-6(2)8(13)12-9-11-7(4-15-9)3-10-5-14/h4,6H,3H2,1-2H3,(H,11,12,13). The van der Waals surface area contributed by atoms with Crippen LogP contribution in [0.4, 0.5) is 4.69 Å². The third kappa shape index (κ3) is 4.06. The number of nitrogens with one attached hydrogen (secondary N) is 1. The molecule has 80 valence electrons. The fourth-order valence-electron chi connectivity index (χ4n) is 0.800. The number of isothiocyanates is 1. The van der Waals surface area contributed by atoms with Crippen LogP contribution >= 0.6 is 12.2 Å². The molecule has 0 unspecified atom stereocenters. The molecule has 0 aliphatic heterocycles. The van der Waals surface area contributed by atoms with Crippen molar-refractivity contribution < 1.29 is 4.79 Å². The van der Waals surface area contributed by atoms with Crippen LogP contribution in [-0.4, -0.2) is 30.6 Å². The SMILES string of the molecule is CC(C)C(=O)Nc1nc(CN=C=S)c[se]1. The summed E-state index contributed by atoms with van der Waals surface area (Å²) in [6.45, 7) is 4.15. The van der Waals surface area contributed by atoms with Crippen molar-refractivity contribution >= 4 is 42.5 Å². The molecule has 0 aliphatic carbocycles. The van der Waals surface area contributed by atoms with E-state index in [0.717, 1.165) is 10.4 Å². The average molecular weight is 288 g/mol. The molecule has 1 heterocycles. The molecule has 0 atom stereocenters. The third-order valence-corrected chi connectivity index (χ3v) is 3.43. The van der Waals surface area contributed by atoms with Crippen molar-refractivity contribution in [3.63, 3.8) is 0 Å². The normalized spacial score (nSPS) is 9.80. The first-order valence-corrected chi connectivity index (χ1v) is 6.67. The topological polar surface area (TPSA) is 54.4 Å². The van der Waals surface area contributed by atoms with Gasteiger partial charge in [-0.3, -0.25) is 0 Å². The Morgan fingerprint density at radius 1 is 1.80 bits per heavy atom. The van der Waals surface area contributed by atoms with Gasteiger partial charge in [-0.15, -0.1) is 0 Å². The van der Waals surface area contributed by atoms with Gasteiger partial charge in [-0.05, 0) is 0 Å². The second-order valence-electron chi connectivity index (χ2n) is 3.20. The maximum absolute atomic E-state index is 11.4. The van der Waals surface area contributed by atoms with Gasteiger partial charge in [0.05, 0.1) is 0 Å². The van der Waals surface area contributed by atoms with E-state index in [1.807, 2.05) is 18.8 Å². The average Bonchev–Trinajstić information content (AvgIpc) is 2.62. The molecule has 0 saturated carbocycles. The third-order valence-electron chi connectivity index (χ3n) is 1.61. The van der Waals surface area contributed by atoms with E-state index in [1.165, 1.54) is 0 Å². The Morgan fingerprint density at radius 2 is 2.53 bits per heavy atom. The van der Waals surface area contributed by atoms with E-state index in [4.69, 9.17) is 0 Å². The number of rotatable bonds is 4. The number of aromatic nitrogens is 1. The number of hydrogen-bond donors (Lipinski definition) is 1. The molecule has 1 N–H and O–H groups in total. The number of hydrogen-bond acceptors (Lipinski definition) is 4. The van der Waals surface area contributed by atoms with Crippen LogP contribution < -0.4 is 5.32 Å². The molecular weight excluding hydrogens is 277 g/mol. The van der Waals surface area contributed by atoms with E-state index in [-0.39, 0.29) is 26.3 Å². The Morgan fingerprint density at radius 3 is 3.13 bits per heavy atom. The molecule has 15 heavy (non-hydrogen) atoms. The molecule has 1 aromatic heterocycles. The van der Waals surface area contributed by atoms with Gasteiger partial charge in [0.1, 0.15) is 0 Å². The molecular formula is C9H11N3OSSe. The summed E-state index contributed by atoms with van der Waals surface area (Å²) in [5.41, 5.74) is 0.853. The number of amides is 1.